The van der Waals surface area contributed by atoms with Gasteiger partial charge in [0.05, 0.1) is 21.6 Å². The maximum absolute atomic E-state index is 4.47. The second-order valence-corrected chi connectivity index (χ2v) is 5.15. The lowest BCUT2D eigenvalue weighted by molar-refractivity contribution is 0.574. The summed E-state index contributed by atoms with van der Waals surface area (Å²) in [5, 5.41) is 7.87. The van der Waals surface area contributed by atoms with Gasteiger partial charge < -0.3 is 5.32 Å². The highest BCUT2D eigenvalue weighted by Gasteiger charge is 2.11. The molecule has 0 bridgehead atoms. The van der Waals surface area contributed by atoms with Crippen LogP contribution < -0.4 is 5.32 Å². The lowest BCUT2D eigenvalue weighted by atomic mass is 10.3. The van der Waals surface area contributed by atoms with E-state index in [1.54, 1.807) is 6.20 Å². The molecule has 0 aliphatic carbocycles. The second kappa shape index (κ2) is 6.25. The molecular weight excluding hydrogens is 306 g/mol. The van der Waals surface area contributed by atoms with Gasteiger partial charge in [0, 0.05) is 25.8 Å². The van der Waals surface area contributed by atoms with Gasteiger partial charge in [-0.1, -0.05) is 0 Å². The van der Waals surface area contributed by atoms with Gasteiger partial charge in [0.1, 0.15) is 5.82 Å². The summed E-state index contributed by atoms with van der Waals surface area (Å²) in [5.74, 6) is 0.801. The Morgan fingerprint density at radius 2 is 2.11 bits per heavy atom. The average Bonchev–Trinajstić information content (AvgIpc) is 2.66. The van der Waals surface area contributed by atoms with Crippen molar-refractivity contribution in [2.24, 2.45) is 0 Å². The quantitative estimate of drug-likeness (QED) is 0.917. The first-order chi connectivity index (χ1) is 9.11. The summed E-state index contributed by atoms with van der Waals surface area (Å²) >= 11 is 3.59. The SMILES string of the molecule is CCn1nc(C)c(Br)c1CNCc1ccnc(C)n1. The Morgan fingerprint density at radius 3 is 2.79 bits per heavy atom. The number of aromatic nitrogens is 4. The van der Waals surface area contributed by atoms with Gasteiger partial charge in [0.15, 0.2) is 0 Å². The summed E-state index contributed by atoms with van der Waals surface area (Å²) in [6, 6.07) is 1.93. The summed E-state index contributed by atoms with van der Waals surface area (Å²) in [5.41, 5.74) is 3.20. The molecule has 0 saturated heterocycles. The molecule has 0 aliphatic heterocycles. The summed E-state index contributed by atoms with van der Waals surface area (Å²) in [7, 11) is 0. The summed E-state index contributed by atoms with van der Waals surface area (Å²) in [6.07, 6.45) is 1.79. The van der Waals surface area contributed by atoms with E-state index in [0.29, 0.717) is 0 Å². The Bertz CT molecular complexity index is 564. The van der Waals surface area contributed by atoms with Gasteiger partial charge in [0.25, 0.3) is 0 Å². The van der Waals surface area contributed by atoms with Crippen LogP contribution in [0.25, 0.3) is 0 Å². The summed E-state index contributed by atoms with van der Waals surface area (Å²) in [6.45, 7) is 8.36. The van der Waals surface area contributed by atoms with Crippen molar-refractivity contribution in [2.75, 3.05) is 0 Å². The fourth-order valence-electron chi connectivity index (χ4n) is 1.95. The van der Waals surface area contributed by atoms with Crippen molar-refractivity contribution in [3.63, 3.8) is 0 Å². The van der Waals surface area contributed by atoms with Crippen LogP contribution in [0.4, 0.5) is 0 Å². The zero-order chi connectivity index (χ0) is 13.8. The molecule has 6 heteroatoms. The number of aryl methyl sites for hydroxylation is 3. The molecule has 0 spiro atoms. The minimum absolute atomic E-state index is 0.726. The molecule has 2 aromatic rings. The Morgan fingerprint density at radius 1 is 1.32 bits per heavy atom. The maximum atomic E-state index is 4.47. The predicted octanol–water partition coefficient (Wildman–Crippen LogP) is 2.36. The minimum atomic E-state index is 0.726. The van der Waals surface area contributed by atoms with E-state index in [4.69, 9.17) is 0 Å². The van der Waals surface area contributed by atoms with Crippen molar-refractivity contribution >= 4 is 15.9 Å². The first-order valence-electron chi connectivity index (χ1n) is 6.32. The van der Waals surface area contributed by atoms with E-state index < -0.39 is 0 Å². The molecular formula is C13H18BrN5. The molecule has 2 heterocycles. The molecule has 0 amide bonds. The third-order valence-electron chi connectivity index (χ3n) is 2.89. The summed E-state index contributed by atoms with van der Waals surface area (Å²) < 4.78 is 3.10. The number of hydrogen-bond donors (Lipinski definition) is 1. The van der Waals surface area contributed by atoms with Crippen molar-refractivity contribution in [3.05, 3.63) is 39.6 Å². The first-order valence-corrected chi connectivity index (χ1v) is 7.12. The van der Waals surface area contributed by atoms with Crippen LogP contribution in [-0.4, -0.2) is 19.7 Å². The van der Waals surface area contributed by atoms with Gasteiger partial charge in [-0.2, -0.15) is 5.10 Å². The molecule has 0 saturated carbocycles. The van der Waals surface area contributed by atoms with E-state index in [2.05, 4.69) is 43.2 Å². The molecule has 102 valence electrons. The van der Waals surface area contributed by atoms with E-state index >= 15 is 0 Å². The molecule has 19 heavy (non-hydrogen) atoms. The van der Waals surface area contributed by atoms with Crippen LogP contribution in [0, 0.1) is 13.8 Å². The zero-order valence-electron chi connectivity index (χ0n) is 11.4. The van der Waals surface area contributed by atoms with Crippen LogP contribution in [0.3, 0.4) is 0 Å². The van der Waals surface area contributed by atoms with Crippen LogP contribution in [0.5, 0.6) is 0 Å². The van der Waals surface area contributed by atoms with Crippen molar-refractivity contribution in [1.82, 2.24) is 25.1 Å². The normalized spacial score (nSPS) is 10.9. The molecule has 0 radical (unpaired) electrons. The number of nitrogens with one attached hydrogen (secondary N) is 1. The fourth-order valence-corrected chi connectivity index (χ4v) is 2.37. The van der Waals surface area contributed by atoms with Gasteiger partial charge in [-0.3, -0.25) is 4.68 Å². The van der Waals surface area contributed by atoms with Crippen LogP contribution in [0.2, 0.25) is 0 Å². The number of nitrogens with zero attached hydrogens (tertiary/aromatic N) is 4. The molecule has 1 N–H and O–H groups in total. The van der Waals surface area contributed by atoms with Gasteiger partial charge in [0.2, 0.25) is 0 Å². The first kappa shape index (κ1) is 14.1. The number of halogens is 1. The lowest BCUT2D eigenvalue weighted by Crippen LogP contribution is -2.17. The highest BCUT2D eigenvalue weighted by atomic mass is 79.9. The highest BCUT2D eigenvalue weighted by molar-refractivity contribution is 9.10. The molecule has 0 aliphatic rings. The van der Waals surface area contributed by atoms with Gasteiger partial charge in [-0.15, -0.1) is 0 Å². The van der Waals surface area contributed by atoms with Gasteiger partial charge in [-0.05, 0) is 42.8 Å². The largest absolute Gasteiger partial charge is 0.305 e. The zero-order valence-corrected chi connectivity index (χ0v) is 13.0. The standard InChI is InChI=1S/C13H18BrN5/c1-4-19-12(13(14)9(2)18-19)8-15-7-11-5-6-16-10(3)17-11/h5-6,15H,4,7-8H2,1-3H3. The molecule has 2 rings (SSSR count). The van der Waals surface area contributed by atoms with Crippen LogP contribution in [-0.2, 0) is 19.6 Å². The van der Waals surface area contributed by atoms with Crippen molar-refractivity contribution in [3.8, 4) is 0 Å². The Balaban J connectivity index is 1.99. The van der Waals surface area contributed by atoms with E-state index in [1.165, 1.54) is 5.69 Å². The lowest BCUT2D eigenvalue weighted by Gasteiger charge is -2.07. The van der Waals surface area contributed by atoms with Gasteiger partial charge in [-0.25, -0.2) is 9.97 Å². The van der Waals surface area contributed by atoms with E-state index in [-0.39, 0.29) is 0 Å². The maximum Gasteiger partial charge on any atom is 0.125 e. The van der Waals surface area contributed by atoms with Crippen molar-refractivity contribution in [2.45, 2.75) is 40.4 Å². The topological polar surface area (TPSA) is 55.6 Å². The van der Waals surface area contributed by atoms with Gasteiger partial charge >= 0.3 is 0 Å². The van der Waals surface area contributed by atoms with E-state index in [0.717, 1.165) is 41.3 Å². The number of rotatable bonds is 5. The number of hydrogen-bond acceptors (Lipinski definition) is 4. The van der Waals surface area contributed by atoms with Crippen molar-refractivity contribution in [1.29, 1.82) is 0 Å². The Kier molecular flexibility index (Phi) is 4.66. The molecule has 2 aromatic heterocycles. The second-order valence-electron chi connectivity index (χ2n) is 4.36. The van der Waals surface area contributed by atoms with Crippen molar-refractivity contribution < 1.29 is 0 Å². The predicted molar refractivity (Wildman–Crippen MR) is 77.7 cm³/mol. The molecule has 0 aromatic carbocycles. The van der Waals surface area contributed by atoms with E-state index in [9.17, 15) is 0 Å². The van der Waals surface area contributed by atoms with Crippen LogP contribution >= 0.6 is 15.9 Å². The third-order valence-corrected chi connectivity index (χ3v) is 3.92. The molecule has 5 nitrogen and oxygen atoms in total. The van der Waals surface area contributed by atoms with E-state index in [1.807, 2.05) is 24.6 Å². The van der Waals surface area contributed by atoms with Crippen LogP contribution in [0.1, 0.15) is 29.8 Å². The fraction of sp³-hybridized carbons (Fsp3) is 0.462. The molecule has 0 atom stereocenters. The Hall–Kier alpha value is -1.27. The average molecular weight is 324 g/mol. The van der Waals surface area contributed by atoms with Crippen LogP contribution in [0.15, 0.2) is 16.7 Å². The highest BCUT2D eigenvalue weighted by Crippen LogP contribution is 2.20. The monoisotopic (exact) mass is 323 g/mol. The molecule has 0 unspecified atom stereocenters. The Labute approximate surface area is 121 Å². The smallest absolute Gasteiger partial charge is 0.125 e. The minimum Gasteiger partial charge on any atom is -0.305 e. The molecule has 0 fully saturated rings. The summed E-state index contributed by atoms with van der Waals surface area (Å²) in [4.78, 5) is 8.46. The third kappa shape index (κ3) is 3.39.